The molecular formula is C14H24N2O2S2. The van der Waals surface area contributed by atoms with Gasteiger partial charge in [0.05, 0.1) is 11.5 Å². The summed E-state index contributed by atoms with van der Waals surface area (Å²) >= 11 is 1.82. The van der Waals surface area contributed by atoms with Gasteiger partial charge in [-0.05, 0) is 25.1 Å². The SMILES string of the molecule is CC(C)NCc1ccc(CN2CCCS(=O)(=O)CC2)s1. The molecule has 4 nitrogen and oxygen atoms in total. The number of sulfone groups is 1. The van der Waals surface area contributed by atoms with Crippen molar-refractivity contribution in [3.05, 3.63) is 21.9 Å². The first kappa shape index (κ1) is 15.9. The van der Waals surface area contributed by atoms with Crippen LogP contribution < -0.4 is 5.32 Å². The Morgan fingerprint density at radius 3 is 2.75 bits per heavy atom. The van der Waals surface area contributed by atoms with Gasteiger partial charge in [-0.3, -0.25) is 4.90 Å². The summed E-state index contributed by atoms with van der Waals surface area (Å²) in [6.45, 7) is 7.63. The molecule has 0 spiro atoms. The maximum Gasteiger partial charge on any atom is 0.151 e. The molecule has 0 bridgehead atoms. The molecule has 1 aromatic heterocycles. The van der Waals surface area contributed by atoms with Crippen molar-refractivity contribution in [3.63, 3.8) is 0 Å². The largest absolute Gasteiger partial charge is 0.310 e. The van der Waals surface area contributed by atoms with Crippen molar-refractivity contribution in [2.75, 3.05) is 24.6 Å². The second kappa shape index (κ2) is 7.02. The Morgan fingerprint density at radius 2 is 2.00 bits per heavy atom. The Kier molecular flexibility index (Phi) is 5.60. The number of thiophene rings is 1. The molecule has 2 rings (SSSR count). The van der Waals surface area contributed by atoms with Crippen LogP contribution in [0.25, 0.3) is 0 Å². The molecule has 20 heavy (non-hydrogen) atoms. The molecule has 0 atom stereocenters. The zero-order chi connectivity index (χ0) is 14.6. The van der Waals surface area contributed by atoms with Crippen LogP contribution in [0.4, 0.5) is 0 Å². The summed E-state index contributed by atoms with van der Waals surface area (Å²) in [7, 11) is -2.81. The first-order valence-corrected chi connectivity index (χ1v) is 9.82. The van der Waals surface area contributed by atoms with Crippen LogP contribution in [0.1, 0.15) is 30.0 Å². The van der Waals surface area contributed by atoms with Crippen LogP contribution in [0.5, 0.6) is 0 Å². The summed E-state index contributed by atoms with van der Waals surface area (Å²) < 4.78 is 23.2. The minimum absolute atomic E-state index is 0.306. The van der Waals surface area contributed by atoms with E-state index in [0.717, 1.165) is 26.1 Å². The monoisotopic (exact) mass is 316 g/mol. The van der Waals surface area contributed by atoms with Crippen molar-refractivity contribution < 1.29 is 8.42 Å². The van der Waals surface area contributed by atoms with E-state index >= 15 is 0 Å². The average Bonchev–Trinajstić information content (AvgIpc) is 2.73. The van der Waals surface area contributed by atoms with E-state index in [1.807, 2.05) is 11.3 Å². The third kappa shape index (κ3) is 5.16. The van der Waals surface area contributed by atoms with E-state index in [9.17, 15) is 8.42 Å². The molecular weight excluding hydrogens is 292 g/mol. The smallest absolute Gasteiger partial charge is 0.151 e. The van der Waals surface area contributed by atoms with Gasteiger partial charge in [0.15, 0.2) is 9.84 Å². The molecule has 0 aromatic carbocycles. The average molecular weight is 316 g/mol. The number of nitrogens with zero attached hydrogens (tertiary/aromatic N) is 1. The summed E-state index contributed by atoms with van der Waals surface area (Å²) in [6.07, 6.45) is 0.759. The van der Waals surface area contributed by atoms with Crippen molar-refractivity contribution in [2.45, 2.75) is 39.4 Å². The van der Waals surface area contributed by atoms with Crippen LogP contribution in [-0.4, -0.2) is 44.0 Å². The second-order valence-corrected chi connectivity index (χ2v) is 9.24. The van der Waals surface area contributed by atoms with Crippen molar-refractivity contribution in [3.8, 4) is 0 Å². The van der Waals surface area contributed by atoms with Crippen LogP contribution >= 0.6 is 11.3 Å². The number of hydrogen-bond acceptors (Lipinski definition) is 5. The highest BCUT2D eigenvalue weighted by Gasteiger charge is 2.19. The van der Waals surface area contributed by atoms with E-state index in [1.54, 1.807) is 0 Å². The molecule has 0 aliphatic carbocycles. The first-order chi connectivity index (χ1) is 9.44. The van der Waals surface area contributed by atoms with Crippen LogP contribution in [0.3, 0.4) is 0 Å². The zero-order valence-corrected chi connectivity index (χ0v) is 13.9. The van der Waals surface area contributed by atoms with Gasteiger partial charge in [-0.15, -0.1) is 11.3 Å². The van der Waals surface area contributed by atoms with Crippen molar-refractivity contribution in [1.29, 1.82) is 0 Å². The molecule has 1 fully saturated rings. The Morgan fingerprint density at radius 1 is 1.25 bits per heavy atom. The lowest BCUT2D eigenvalue weighted by Gasteiger charge is -2.17. The predicted molar refractivity (Wildman–Crippen MR) is 84.8 cm³/mol. The maximum atomic E-state index is 11.6. The van der Waals surface area contributed by atoms with E-state index in [1.165, 1.54) is 9.75 Å². The van der Waals surface area contributed by atoms with Crippen LogP contribution in [0.2, 0.25) is 0 Å². The van der Waals surface area contributed by atoms with E-state index in [2.05, 4.69) is 36.2 Å². The lowest BCUT2D eigenvalue weighted by Crippen LogP contribution is -2.26. The van der Waals surface area contributed by atoms with Crippen LogP contribution in [-0.2, 0) is 22.9 Å². The van der Waals surface area contributed by atoms with E-state index in [0.29, 0.717) is 24.1 Å². The highest BCUT2D eigenvalue weighted by molar-refractivity contribution is 7.91. The Hall–Kier alpha value is -0.430. The summed E-state index contributed by atoms with van der Waals surface area (Å²) in [5.41, 5.74) is 0. The standard InChI is InChI=1S/C14H24N2O2S2/c1-12(2)15-10-13-4-5-14(19-13)11-16-6-3-8-20(17,18)9-7-16/h4-5,12,15H,3,6-11H2,1-2H3. The molecule has 2 heterocycles. The van der Waals surface area contributed by atoms with Crippen molar-refractivity contribution in [2.24, 2.45) is 0 Å². The lowest BCUT2D eigenvalue weighted by atomic mass is 10.3. The number of hydrogen-bond donors (Lipinski definition) is 1. The maximum absolute atomic E-state index is 11.6. The van der Waals surface area contributed by atoms with Crippen molar-refractivity contribution in [1.82, 2.24) is 10.2 Å². The van der Waals surface area contributed by atoms with Gasteiger partial charge < -0.3 is 5.32 Å². The number of rotatable bonds is 5. The highest BCUT2D eigenvalue weighted by Crippen LogP contribution is 2.19. The molecule has 1 aromatic rings. The summed E-state index contributed by atoms with van der Waals surface area (Å²) in [6, 6.07) is 4.84. The fourth-order valence-electron chi connectivity index (χ4n) is 2.28. The van der Waals surface area contributed by atoms with Crippen LogP contribution in [0, 0.1) is 0 Å². The summed E-state index contributed by atoms with van der Waals surface area (Å²) in [5, 5.41) is 3.42. The van der Waals surface area contributed by atoms with Crippen LogP contribution in [0.15, 0.2) is 12.1 Å². The van der Waals surface area contributed by atoms with Gasteiger partial charge in [0.25, 0.3) is 0 Å². The topological polar surface area (TPSA) is 49.4 Å². The minimum Gasteiger partial charge on any atom is -0.310 e. The van der Waals surface area contributed by atoms with Crippen molar-refractivity contribution >= 4 is 21.2 Å². The third-order valence-electron chi connectivity index (χ3n) is 3.43. The van der Waals surface area contributed by atoms with E-state index in [4.69, 9.17) is 0 Å². The molecule has 1 aliphatic heterocycles. The highest BCUT2D eigenvalue weighted by atomic mass is 32.2. The third-order valence-corrected chi connectivity index (χ3v) is 6.21. The quantitative estimate of drug-likeness (QED) is 0.901. The Bertz CT molecular complexity index is 523. The van der Waals surface area contributed by atoms with Gasteiger partial charge >= 0.3 is 0 Å². The zero-order valence-electron chi connectivity index (χ0n) is 12.3. The van der Waals surface area contributed by atoms with Gasteiger partial charge in [0.1, 0.15) is 0 Å². The van der Waals surface area contributed by atoms with Gasteiger partial charge in [-0.25, -0.2) is 8.42 Å². The predicted octanol–water partition coefficient (Wildman–Crippen LogP) is 1.87. The molecule has 0 saturated carbocycles. The summed E-state index contributed by atoms with van der Waals surface area (Å²) in [4.78, 5) is 4.93. The first-order valence-electron chi connectivity index (χ1n) is 7.18. The minimum atomic E-state index is -2.81. The molecule has 0 radical (unpaired) electrons. The van der Waals surface area contributed by atoms with E-state index < -0.39 is 9.84 Å². The van der Waals surface area contributed by atoms with Gasteiger partial charge in [0.2, 0.25) is 0 Å². The molecule has 1 saturated heterocycles. The fourth-order valence-corrected chi connectivity index (χ4v) is 4.60. The van der Waals surface area contributed by atoms with Gasteiger partial charge in [-0.2, -0.15) is 0 Å². The summed E-state index contributed by atoms with van der Waals surface area (Å²) in [5.74, 6) is 0.650. The molecule has 6 heteroatoms. The number of nitrogens with one attached hydrogen (secondary N) is 1. The second-order valence-electron chi connectivity index (χ2n) is 5.69. The van der Waals surface area contributed by atoms with E-state index in [-0.39, 0.29) is 0 Å². The normalized spacial score (nSPS) is 20.1. The Labute approximate surface area is 126 Å². The molecule has 1 N–H and O–H groups in total. The fraction of sp³-hybridized carbons (Fsp3) is 0.714. The molecule has 0 unspecified atom stereocenters. The van der Waals surface area contributed by atoms with Gasteiger partial charge in [-0.1, -0.05) is 13.8 Å². The molecule has 1 aliphatic rings. The molecule has 114 valence electrons. The molecule has 0 amide bonds. The van der Waals surface area contributed by atoms with Gasteiger partial charge in [0, 0.05) is 35.4 Å². The Balaban J connectivity index is 1.87. The lowest BCUT2D eigenvalue weighted by molar-refractivity contribution is 0.290.